The summed E-state index contributed by atoms with van der Waals surface area (Å²) < 4.78 is 5.09. The Balaban J connectivity index is 1.65. The van der Waals surface area contributed by atoms with Crippen LogP contribution in [0.1, 0.15) is 27.3 Å². The van der Waals surface area contributed by atoms with Crippen molar-refractivity contribution in [2.45, 2.75) is 20.8 Å². The molecule has 2 aromatic carbocycles. The maximum Gasteiger partial charge on any atom is 0.361 e. The number of aromatic nitrogens is 3. The summed E-state index contributed by atoms with van der Waals surface area (Å²) in [4.78, 5) is 25.7. The van der Waals surface area contributed by atoms with E-state index in [2.05, 4.69) is 15.5 Å². The van der Waals surface area contributed by atoms with Gasteiger partial charge in [0, 0.05) is 10.7 Å². The van der Waals surface area contributed by atoms with Crippen LogP contribution in [0.2, 0.25) is 5.02 Å². The number of carbonyl (C=O) groups is 2. The van der Waals surface area contributed by atoms with Crippen LogP contribution in [0.25, 0.3) is 5.69 Å². The minimum atomic E-state index is -0.720. The fraction of sp³-hybridized carbons (Fsp3) is 0.200. The highest BCUT2D eigenvalue weighted by Crippen LogP contribution is 2.17. The van der Waals surface area contributed by atoms with Crippen molar-refractivity contribution < 1.29 is 14.3 Å². The predicted molar refractivity (Wildman–Crippen MR) is 106 cm³/mol. The molecule has 1 N–H and O–H groups in total. The number of nitrogens with one attached hydrogen (secondary N) is 1. The van der Waals surface area contributed by atoms with Crippen molar-refractivity contribution in [2.75, 3.05) is 11.9 Å². The molecule has 3 rings (SSSR count). The molecule has 0 radical (unpaired) electrons. The first-order valence-corrected chi connectivity index (χ1v) is 8.95. The Labute approximate surface area is 167 Å². The van der Waals surface area contributed by atoms with E-state index in [0.29, 0.717) is 22.1 Å². The summed E-state index contributed by atoms with van der Waals surface area (Å²) in [6, 6.07) is 12.6. The molecule has 0 saturated heterocycles. The molecule has 3 aromatic rings. The van der Waals surface area contributed by atoms with Crippen LogP contribution in [0.3, 0.4) is 0 Å². The molecule has 8 heteroatoms. The van der Waals surface area contributed by atoms with Gasteiger partial charge in [-0.15, -0.1) is 5.10 Å². The van der Waals surface area contributed by atoms with Crippen molar-refractivity contribution in [3.05, 3.63) is 70.0 Å². The van der Waals surface area contributed by atoms with E-state index >= 15 is 0 Å². The maximum absolute atomic E-state index is 12.3. The average molecular weight is 399 g/mol. The van der Waals surface area contributed by atoms with Crippen LogP contribution >= 0.6 is 11.6 Å². The highest BCUT2D eigenvalue weighted by Gasteiger charge is 2.19. The number of aryl methyl sites for hydroxylation is 3. The first-order chi connectivity index (χ1) is 13.3. The molecule has 1 amide bonds. The summed E-state index contributed by atoms with van der Waals surface area (Å²) in [5.74, 6) is -1.15. The second kappa shape index (κ2) is 8.22. The molecule has 0 aliphatic heterocycles. The molecular formula is C20H19ClN4O3. The number of anilines is 1. The Morgan fingerprint density at radius 3 is 2.64 bits per heavy atom. The zero-order chi connectivity index (χ0) is 20.3. The number of ether oxygens (including phenoxy) is 1. The third kappa shape index (κ3) is 4.55. The lowest BCUT2D eigenvalue weighted by atomic mass is 10.1. The van der Waals surface area contributed by atoms with E-state index in [1.807, 2.05) is 32.0 Å². The molecule has 144 valence electrons. The van der Waals surface area contributed by atoms with Crippen molar-refractivity contribution in [3.63, 3.8) is 0 Å². The fourth-order valence-electron chi connectivity index (χ4n) is 2.54. The number of hydrogen-bond donors (Lipinski definition) is 1. The molecule has 0 aliphatic carbocycles. The van der Waals surface area contributed by atoms with E-state index < -0.39 is 18.5 Å². The number of esters is 1. The number of halogens is 1. The molecule has 1 aromatic heterocycles. The van der Waals surface area contributed by atoms with E-state index in [-0.39, 0.29) is 5.69 Å². The number of benzene rings is 2. The molecule has 7 nitrogen and oxygen atoms in total. The first-order valence-electron chi connectivity index (χ1n) is 8.57. The third-order valence-electron chi connectivity index (χ3n) is 4.02. The van der Waals surface area contributed by atoms with Gasteiger partial charge in [0.1, 0.15) is 0 Å². The molecule has 0 atom stereocenters. The van der Waals surface area contributed by atoms with Gasteiger partial charge in [0.2, 0.25) is 0 Å². The Morgan fingerprint density at radius 2 is 1.89 bits per heavy atom. The normalized spacial score (nSPS) is 10.6. The van der Waals surface area contributed by atoms with Gasteiger partial charge in [0.15, 0.2) is 12.3 Å². The van der Waals surface area contributed by atoms with E-state index in [4.69, 9.17) is 16.3 Å². The largest absolute Gasteiger partial charge is 0.451 e. The standard InChI is InChI=1S/C20H19ClN4O3/c1-12-7-8-13(2)17(9-12)22-18(26)11-28-20(27)19-14(3)23-25(24-19)16-6-4-5-15(21)10-16/h4-10H,11H2,1-3H3,(H,22,26). The SMILES string of the molecule is Cc1ccc(C)c(NC(=O)COC(=O)c2nn(-c3cccc(Cl)c3)nc2C)c1. The molecule has 28 heavy (non-hydrogen) atoms. The minimum absolute atomic E-state index is 0.0412. The summed E-state index contributed by atoms with van der Waals surface area (Å²) >= 11 is 5.97. The van der Waals surface area contributed by atoms with Crippen LogP contribution in [-0.4, -0.2) is 33.5 Å². The number of rotatable bonds is 5. The van der Waals surface area contributed by atoms with Crippen LogP contribution in [0.4, 0.5) is 5.69 Å². The summed E-state index contributed by atoms with van der Waals surface area (Å²) in [5, 5.41) is 11.6. The zero-order valence-corrected chi connectivity index (χ0v) is 16.4. The highest BCUT2D eigenvalue weighted by molar-refractivity contribution is 6.30. The Hall–Kier alpha value is -3.19. The van der Waals surface area contributed by atoms with Gasteiger partial charge < -0.3 is 10.1 Å². The van der Waals surface area contributed by atoms with Gasteiger partial charge in [0.05, 0.1) is 11.4 Å². The molecule has 0 bridgehead atoms. The Bertz CT molecular complexity index is 1050. The summed E-state index contributed by atoms with van der Waals surface area (Å²) in [7, 11) is 0. The van der Waals surface area contributed by atoms with Gasteiger partial charge in [-0.3, -0.25) is 4.79 Å². The molecule has 0 unspecified atom stereocenters. The van der Waals surface area contributed by atoms with Crippen LogP contribution in [0.15, 0.2) is 42.5 Å². The van der Waals surface area contributed by atoms with Crippen molar-refractivity contribution >= 4 is 29.2 Å². The van der Waals surface area contributed by atoms with Gasteiger partial charge >= 0.3 is 5.97 Å². The van der Waals surface area contributed by atoms with E-state index in [1.165, 1.54) is 4.80 Å². The second-order valence-corrected chi connectivity index (χ2v) is 6.78. The van der Waals surface area contributed by atoms with Crippen molar-refractivity contribution in [1.29, 1.82) is 0 Å². The predicted octanol–water partition coefficient (Wildman–Crippen LogP) is 3.64. The zero-order valence-electron chi connectivity index (χ0n) is 15.7. The fourth-order valence-corrected chi connectivity index (χ4v) is 2.72. The number of nitrogens with zero attached hydrogens (tertiary/aromatic N) is 3. The molecule has 1 heterocycles. The lowest BCUT2D eigenvalue weighted by Gasteiger charge is -2.09. The Kier molecular flexibility index (Phi) is 5.75. The monoisotopic (exact) mass is 398 g/mol. The van der Waals surface area contributed by atoms with Gasteiger partial charge in [0.25, 0.3) is 5.91 Å². The van der Waals surface area contributed by atoms with Crippen molar-refractivity contribution in [3.8, 4) is 5.69 Å². The van der Waals surface area contributed by atoms with E-state index in [9.17, 15) is 9.59 Å². The summed E-state index contributed by atoms with van der Waals surface area (Å²) in [6.45, 7) is 5.04. The molecule has 0 aliphatic rings. The smallest absolute Gasteiger partial charge is 0.361 e. The second-order valence-electron chi connectivity index (χ2n) is 6.35. The Morgan fingerprint density at radius 1 is 1.11 bits per heavy atom. The molecule has 0 fully saturated rings. The third-order valence-corrected chi connectivity index (χ3v) is 4.25. The number of hydrogen-bond acceptors (Lipinski definition) is 5. The summed E-state index contributed by atoms with van der Waals surface area (Å²) in [6.07, 6.45) is 0. The molecular weight excluding hydrogens is 380 g/mol. The lowest BCUT2D eigenvalue weighted by molar-refractivity contribution is -0.119. The maximum atomic E-state index is 12.3. The first kappa shape index (κ1) is 19.6. The van der Waals surface area contributed by atoms with Crippen molar-refractivity contribution in [2.24, 2.45) is 0 Å². The van der Waals surface area contributed by atoms with Crippen LogP contribution in [0.5, 0.6) is 0 Å². The van der Waals surface area contributed by atoms with Crippen LogP contribution in [-0.2, 0) is 9.53 Å². The highest BCUT2D eigenvalue weighted by atomic mass is 35.5. The minimum Gasteiger partial charge on any atom is -0.451 e. The number of amides is 1. The van der Waals surface area contributed by atoms with Crippen molar-refractivity contribution in [1.82, 2.24) is 15.0 Å². The van der Waals surface area contributed by atoms with E-state index in [0.717, 1.165) is 11.1 Å². The van der Waals surface area contributed by atoms with Crippen LogP contribution in [0, 0.1) is 20.8 Å². The molecule has 0 saturated carbocycles. The van der Waals surface area contributed by atoms with E-state index in [1.54, 1.807) is 31.2 Å². The lowest BCUT2D eigenvalue weighted by Crippen LogP contribution is -2.22. The quantitative estimate of drug-likeness (QED) is 0.663. The van der Waals surface area contributed by atoms with Gasteiger partial charge in [-0.25, -0.2) is 4.79 Å². The van der Waals surface area contributed by atoms with Gasteiger partial charge in [-0.1, -0.05) is 29.8 Å². The van der Waals surface area contributed by atoms with Crippen LogP contribution < -0.4 is 5.32 Å². The molecule has 0 spiro atoms. The average Bonchev–Trinajstić information content (AvgIpc) is 3.05. The van der Waals surface area contributed by atoms with Gasteiger partial charge in [-0.2, -0.15) is 9.90 Å². The summed E-state index contributed by atoms with van der Waals surface area (Å²) in [5.41, 5.74) is 3.67. The van der Waals surface area contributed by atoms with Gasteiger partial charge in [-0.05, 0) is 56.2 Å². The topological polar surface area (TPSA) is 86.1 Å². The number of carbonyl (C=O) groups excluding carboxylic acids is 2.